The molecule has 0 fully saturated rings. The van der Waals surface area contributed by atoms with Crippen LogP contribution in [-0.4, -0.2) is 53.7 Å². The van der Waals surface area contributed by atoms with Crippen molar-refractivity contribution < 1.29 is 9.53 Å². The highest BCUT2D eigenvalue weighted by Gasteiger charge is 2.36. The lowest BCUT2D eigenvalue weighted by atomic mass is 10.0. The molecule has 6 nitrogen and oxygen atoms in total. The van der Waals surface area contributed by atoms with Gasteiger partial charge in [0.2, 0.25) is 0 Å². The Kier molecular flexibility index (Phi) is 6.97. The molecule has 0 unspecified atom stereocenters. The van der Waals surface area contributed by atoms with E-state index in [1.165, 1.54) is 21.0 Å². The average Bonchev–Trinajstić information content (AvgIpc) is 3.41. The smallest absolute Gasteiger partial charge is 0.318 e. The molecular weight excluding hydrogens is 468 g/mol. The second kappa shape index (κ2) is 10.1. The molecule has 0 bridgehead atoms. The molecule has 4 heterocycles. The van der Waals surface area contributed by atoms with Crippen molar-refractivity contribution in [2.75, 3.05) is 33.4 Å². The highest BCUT2D eigenvalue weighted by Crippen LogP contribution is 2.43. The summed E-state index contributed by atoms with van der Waals surface area (Å²) in [6.45, 7) is 6.50. The van der Waals surface area contributed by atoms with Crippen LogP contribution in [0.2, 0.25) is 5.02 Å². The van der Waals surface area contributed by atoms with Crippen LogP contribution >= 0.6 is 22.9 Å². The molecule has 2 aliphatic heterocycles. The minimum atomic E-state index is -0.208. The molecule has 2 aromatic heterocycles. The lowest BCUT2D eigenvalue weighted by Crippen LogP contribution is -2.42. The van der Waals surface area contributed by atoms with E-state index in [-0.39, 0.29) is 12.1 Å². The van der Waals surface area contributed by atoms with Gasteiger partial charge in [0.25, 0.3) is 0 Å². The number of carbonyl (C=O) groups is 1. The minimum absolute atomic E-state index is 0.0510. The van der Waals surface area contributed by atoms with Gasteiger partial charge >= 0.3 is 6.03 Å². The molecule has 2 amide bonds. The number of hydrogen-bond donors (Lipinski definition) is 1. The Morgan fingerprint density at radius 3 is 2.82 bits per heavy atom. The van der Waals surface area contributed by atoms with Gasteiger partial charge in [0.05, 0.1) is 18.3 Å². The Balaban J connectivity index is 1.55. The summed E-state index contributed by atoms with van der Waals surface area (Å²) in [7, 11) is 2.17. The number of rotatable bonds is 6. The Bertz CT molecular complexity index is 1160. The maximum atomic E-state index is 13.7. The van der Waals surface area contributed by atoms with Gasteiger partial charge in [-0.15, -0.1) is 11.3 Å². The number of aromatic nitrogens is 1. The van der Waals surface area contributed by atoms with Crippen LogP contribution in [0.4, 0.5) is 4.79 Å². The normalized spacial score (nSPS) is 17.6. The predicted octanol–water partition coefficient (Wildman–Crippen LogP) is 5.22. The van der Waals surface area contributed by atoms with Gasteiger partial charge in [-0.3, -0.25) is 0 Å². The fourth-order valence-electron chi connectivity index (χ4n) is 4.96. The number of carbonyl (C=O) groups excluding carboxylic acids is 1. The Labute approximate surface area is 210 Å². The highest BCUT2D eigenvalue weighted by molar-refractivity contribution is 7.15. The molecule has 8 heteroatoms. The fraction of sp³-hybridized carbons (Fsp3) is 0.423. The molecule has 5 rings (SSSR count). The summed E-state index contributed by atoms with van der Waals surface area (Å²) in [6, 6.07) is 11.8. The van der Waals surface area contributed by atoms with E-state index in [2.05, 4.69) is 40.2 Å². The average molecular weight is 499 g/mol. The molecule has 1 aromatic carbocycles. The van der Waals surface area contributed by atoms with E-state index in [4.69, 9.17) is 16.3 Å². The second-order valence-corrected chi connectivity index (χ2v) is 10.5. The van der Waals surface area contributed by atoms with Gasteiger partial charge in [-0.25, -0.2) is 4.79 Å². The highest BCUT2D eigenvalue weighted by atomic mass is 35.5. The minimum Gasteiger partial charge on any atom is -0.382 e. The van der Waals surface area contributed by atoms with Crippen LogP contribution in [0.15, 0.2) is 42.6 Å². The van der Waals surface area contributed by atoms with Crippen LogP contribution in [-0.2, 0) is 24.2 Å². The number of benzene rings is 1. The lowest BCUT2D eigenvalue weighted by molar-refractivity contribution is 0.143. The van der Waals surface area contributed by atoms with E-state index in [1.54, 1.807) is 0 Å². The molecule has 3 aromatic rings. The summed E-state index contributed by atoms with van der Waals surface area (Å²) in [5, 5.41) is 5.08. The first-order chi connectivity index (χ1) is 16.6. The van der Waals surface area contributed by atoms with Crippen molar-refractivity contribution in [3.8, 4) is 5.00 Å². The number of ether oxygens (including phenoxy) is 1. The molecule has 34 heavy (non-hydrogen) atoms. The molecule has 0 saturated heterocycles. The van der Waals surface area contributed by atoms with Crippen molar-refractivity contribution >= 4 is 29.0 Å². The number of hydrogen-bond acceptors (Lipinski definition) is 4. The molecule has 180 valence electrons. The molecule has 0 radical (unpaired) electrons. The first-order valence-electron chi connectivity index (χ1n) is 11.9. The third kappa shape index (κ3) is 4.50. The van der Waals surface area contributed by atoms with Crippen LogP contribution < -0.4 is 5.32 Å². The molecule has 0 saturated carbocycles. The van der Waals surface area contributed by atoms with Crippen molar-refractivity contribution in [3.05, 3.63) is 74.9 Å². The summed E-state index contributed by atoms with van der Waals surface area (Å²) in [5.41, 5.74) is 4.85. The summed E-state index contributed by atoms with van der Waals surface area (Å²) in [6.07, 6.45) is 3.94. The Hall–Kier alpha value is -2.32. The SMILES string of the molecule is CCOCCCNC(=O)N1Cc2c(sc3c2CCN(C)C3)-n2cccc2[C@H]1c1ccc(Cl)cc1. The number of nitrogens with zero attached hydrogens (tertiary/aromatic N) is 3. The summed E-state index contributed by atoms with van der Waals surface area (Å²) < 4.78 is 7.73. The van der Waals surface area contributed by atoms with Gasteiger partial charge in [-0.2, -0.15) is 0 Å². The summed E-state index contributed by atoms with van der Waals surface area (Å²) in [4.78, 5) is 19.4. The van der Waals surface area contributed by atoms with Crippen LogP contribution in [0.1, 0.15) is 46.6 Å². The van der Waals surface area contributed by atoms with E-state index in [0.717, 1.165) is 37.2 Å². The van der Waals surface area contributed by atoms with Crippen LogP contribution in [0.3, 0.4) is 0 Å². The van der Waals surface area contributed by atoms with Gasteiger partial charge in [-0.1, -0.05) is 23.7 Å². The van der Waals surface area contributed by atoms with Crippen molar-refractivity contribution in [1.82, 2.24) is 19.7 Å². The van der Waals surface area contributed by atoms with E-state index < -0.39 is 0 Å². The summed E-state index contributed by atoms with van der Waals surface area (Å²) in [5.74, 6) is 0. The van der Waals surface area contributed by atoms with Gasteiger partial charge in [-0.05, 0) is 62.2 Å². The number of likely N-dealkylation sites (N-methyl/N-ethyl adjacent to an activating group) is 1. The number of nitrogens with one attached hydrogen (secondary N) is 1. The third-order valence-corrected chi connectivity index (χ3v) is 8.16. The molecule has 2 aliphatic rings. The molecule has 0 spiro atoms. The van der Waals surface area contributed by atoms with Crippen LogP contribution in [0, 0.1) is 0 Å². The number of thiophene rings is 1. The van der Waals surface area contributed by atoms with Gasteiger partial charge in [0, 0.05) is 54.5 Å². The van der Waals surface area contributed by atoms with E-state index in [9.17, 15) is 4.79 Å². The maximum Gasteiger partial charge on any atom is 0.318 e. The van der Waals surface area contributed by atoms with E-state index >= 15 is 0 Å². The zero-order chi connectivity index (χ0) is 23.7. The zero-order valence-corrected chi connectivity index (χ0v) is 21.3. The first-order valence-corrected chi connectivity index (χ1v) is 13.1. The van der Waals surface area contributed by atoms with Gasteiger partial charge in [0.15, 0.2) is 0 Å². The van der Waals surface area contributed by atoms with Crippen molar-refractivity contribution in [3.63, 3.8) is 0 Å². The number of fused-ring (bicyclic) bond motifs is 5. The van der Waals surface area contributed by atoms with Gasteiger partial charge in [0.1, 0.15) is 5.00 Å². The maximum absolute atomic E-state index is 13.7. The third-order valence-electron chi connectivity index (χ3n) is 6.65. The quantitative estimate of drug-likeness (QED) is 0.474. The predicted molar refractivity (Wildman–Crippen MR) is 137 cm³/mol. The largest absolute Gasteiger partial charge is 0.382 e. The van der Waals surface area contributed by atoms with Crippen LogP contribution in [0.5, 0.6) is 0 Å². The number of amides is 2. The molecule has 1 atom stereocenters. The fourth-order valence-corrected chi connectivity index (χ4v) is 6.53. The van der Waals surface area contributed by atoms with E-state index in [1.807, 2.05) is 47.4 Å². The number of halogens is 1. The number of urea groups is 1. The van der Waals surface area contributed by atoms with E-state index in [0.29, 0.717) is 31.3 Å². The van der Waals surface area contributed by atoms with Crippen molar-refractivity contribution in [1.29, 1.82) is 0 Å². The zero-order valence-electron chi connectivity index (χ0n) is 19.7. The lowest BCUT2D eigenvalue weighted by Gasteiger charge is -2.32. The van der Waals surface area contributed by atoms with Crippen LogP contribution in [0.25, 0.3) is 5.00 Å². The van der Waals surface area contributed by atoms with Gasteiger partial charge < -0.3 is 24.4 Å². The monoisotopic (exact) mass is 498 g/mol. The standard InChI is InChI=1S/C26H31ClN4O2S/c1-3-33-15-5-12-28-26(32)31-16-21-20-11-14-29(2)17-23(20)34-25(21)30-13-4-6-22(30)24(31)18-7-9-19(27)10-8-18/h4,6-10,13,24H,3,5,11-12,14-17H2,1-2H3,(H,28,32)/t24-/m1/s1. The second-order valence-electron chi connectivity index (χ2n) is 8.94. The molecular formula is C26H31ClN4O2S. The Morgan fingerprint density at radius 2 is 2.03 bits per heavy atom. The topological polar surface area (TPSA) is 49.7 Å². The first kappa shape index (κ1) is 23.4. The van der Waals surface area contributed by atoms with Crippen molar-refractivity contribution in [2.24, 2.45) is 0 Å². The molecule has 1 N–H and O–H groups in total. The van der Waals surface area contributed by atoms with Crippen molar-refractivity contribution in [2.45, 2.75) is 38.9 Å². The Morgan fingerprint density at radius 1 is 1.21 bits per heavy atom. The molecule has 0 aliphatic carbocycles. The summed E-state index contributed by atoms with van der Waals surface area (Å²) >= 11 is 8.07.